The molecule has 4 rings (SSSR count). The summed E-state index contributed by atoms with van der Waals surface area (Å²) >= 11 is 0. The Hall–Kier alpha value is -2.86. The molecule has 12 heteroatoms. The van der Waals surface area contributed by atoms with E-state index in [2.05, 4.69) is 19.9 Å². The normalized spacial score (nSPS) is 22.2. The van der Waals surface area contributed by atoms with E-state index in [1.165, 1.54) is 12.4 Å². The SMILES string of the molecule is Fc1cnc(N2C[C@H]3[C@@H](CCOCc4ccncc4)CO[C@H]3C2)nc1.O=C(O)C(F)(F)F. The molecule has 0 amide bonds. The summed E-state index contributed by atoms with van der Waals surface area (Å²) in [5.41, 5.74) is 1.14. The van der Waals surface area contributed by atoms with Crippen molar-refractivity contribution >= 4 is 11.9 Å². The molecular formula is C20H22F4N4O4. The van der Waals surface area contributed by atoms with Crippen molar-refractivity contribution in [1.29, 1.82) is 0 Å². The van der Waals surface area contributed by atoms with Gasteiger partial charge in [0.1, 0.15) is 0 Å². The van der Waals surface area contributed by atoms with Crippen LogP contribution in [0.15, 0.2) is 36.9 Å². The first kappa shape index (κ1) is 23.8. The zero-order valence-electron chi connectivity index (χ0n) is 16.9. The lowest BCUT2D eigenvalue weighted by Crippen LogP contribution is -2.26. The van der Waals surface area contributed by atoms with E-state index in [0.29, 0.717) is 31.0 Å². The maximum atomic E-state index is 13.0. The molecule has 0 saturated carbocycles. The Balaban J connectivity index is 0.000000360. The van der Waals surface area contributed by atoms with E-state index in [0.717, 1.165) is 31.7 Å². The second-order valence-electron chi connectivity index (χ2n) is 7.40. The number of nitrogens with zero attached hydrogens (tertiary/aromatic N) is 4. The summed E-state index contributed by atoms with van der Waals surface area (Å²) in [7, 11) is 0. The van der Waals surface area contributed by atoms with Gasteiger partial charge in [-0.15, -0.1) is 0 Å². The van der Waals surface area contributed by atoms with Crippen molar-refractivity contribution < 1.29 is 36.9 Å². The molecule has 2 aliphatic rings. The summed E-state index contributed by atoms with van der Waals surface area (Å²) in [4.78, 5) is 23.1. The van der Waals surface area contributed by atoms with Crippen LogP contribution in [0, 0.1) is 17.7 Å². The number of aromatic nitrogens is 3. The van der Waals surface area contributed by atoms with Gasteiger partial charge < -0.3 is 19.5 Å². The predicted octanol–water partition coefficient (Wildman–Crippen LogP) is 2.70. The molecule has 0 spiro atoms. The van der Waals surface area contributed by atoms with Crippen LogP contribution in [-0.4, -0.2) is 64.6 Å². The monoisotopic (exact) mass is 458 g/mol. The molecule has 3 atom stereocenters. The quantitative estimate of drug-likeness (QED) is 0.521. The lowest BCUT2D eigenvalue weighted by Gasteiger charge is -2.19. The van der Waals surface area contributed by atoms with Crippen molar-refractivity contribution in [1.82, 2.24) is 15.0 Å². The Kier molecular flexibility index (Phi) is 7.91. The maximum absolute atomic E-state index is 13.0. The number of halogens is 4. The highest BCUT2D eigenvalue weighted by Gasteiger charge is 2.44. The Morgan fingerprint density at radius 3 is 2.50 bits per heavy atom. The second kappa shape index (κ2) is 10.6. The largest absolute Gasteiger partial charge is 0.490 e. The minimum absolute atomic E-state index is 0.207. The van der Waals surface area contributed by atoms with Crippen molar-refractivity contribution in [3.63, 3.8) is 0 Å². The number of fused-ring (bicyclic) bond motifs is 1. The molecule has 8 nitrogen and oxygen atoms in total. The van der Waals surface area contributed by atoms with Gasteiger partial charge in [0, 0.05) is 38.0 Å². The topological polar surface area (TPSA) is 97.7 Å². The lowest BCUT2D eigenvalue weighted by molar-refractivity contribution is -0.192. The first-order valence-corrected chi connectivity index (χ1v) is 9.85. The van der Waals surface area contributed by atoms with E-state index in [9.17, 15) is 17.6 Å². The molecule has 32 heavy (non-hydrogen) atoms. The molecule has 2 aromatic rings. The Labute approximate surface area is 181 Å². The fraction of sp³-hybridized carbons (Fsp3) is 0.500. The number of carbonyl (C=O) groups is 1. The fourth-order valence-corrected chi connectivity index (χ4v) is 3.63. The predicted molar refractivity (Wildman–Crippen MR) is 103 cm³/mol. The molecule has 0 bridgehead atoms. The van der Waals surface area contributed by atoms with Crippen molar-refractivity contribution in [3.05, 3.63) is 48.3 Å². The van der Waals surface area contributed by atoms with Crippen LogP contribution < -0.4 is 4.90 Å². The molecule has 0 unspecified atom stereocenters. The molecule has 174 valence electrons. The van der Waals surface area contributed by atoms with Gasteiger partial charge in [-0.25, -0.2) is 19.2 Å². The molecule has 1 N–H and O–H groups in total. The molecular weight excluding hydrogens is 436 g/mol. The number of pyridine rings is 1. The average molecular weight is 458 g/mol. The van der Waals surface area contributed by atoms with Gasteiger partial charge in [-0.05, 0) is 30.0 Å². The number of alkyl halides is 3. The van der Waals surface area contributed by atoms with Crippen LogP contribution in [0.5, 0.6) is 0 Å². The van der Waals surface area contributed by atoms with Crippen molar-refractivity contribution in [3.8, 4) is 0 Å². The summed E-state index contributed by atoms with van der Waals surface area (Å²) in [5, 5.41) is 7.12. The van der Waals surface area contributed by atoms with Crippen LogP contribution in [0.3, 0.4) is 0 Å². The summed E-state index contributed by atoms with van der Waals surface area (Å²) in [6.07, 6.45) is 2.07. The number of hydrogen-bond acceptors (Lipinski definition) is 7. The van der Waals surface area contributed by atoms with Crippen LogP contribution in [0.2, 0.25) is 0 Å². The smallest absolute Gasteiger partial charge is 0.475 e. The van der Waals surface area contributed by atoms with E-state index < -0.39 is 18.0 Å². The van der Waals surface area contributed by atoms with Gasteiger partial charge in [-0.3, -0.25) is 4.98 Å². The number of carboxylic acids is 1. The van der Waals surface area contributed by atoms with Crippen molar-refractivity contribution in [2.75, 3.05) is 31.2 Å². The summed E-state index contributed by atoms with van der Waals surface area (Å²) < 4.78 is 56.4. The third-order valence-corrected chi connectivity index (χ3v) is 5.22. The van der Waals surface area contributed by atoms with Crippen LogP contribution in [0.25, 0.3) is 0 Å². The summed E-state index contributed by atoms with van der Waals surface area (Å²) in [5.74, 6) is -1.66. The van der Waals surface area contributed by atoms with Gasteiger partial charge >= 0.3 is 12.1 Å². The molecule has 2 aromatic heterocycles. The van der Waals surface area contributed by atoms with Crippen LogP contribution in [-0.2, 0) is 20.9 Å². The zero-order chi connectivity index (χ0) is 23.1. The Morgan fingerprint density at radius 2 is 1.88 bits per heavy atom. The first-order chi connectivity index (χ1) is 15.2. The Morgan fingerprint density at radius 1 is 1.22 bits per heavy atom. The number of hydrogen-bond donors (Lipinski definition) is 1. The van der Waals surface area contributed by atoms with E-state index in [1.807, 2.05) is 12.1 Å². The molecule has 2 aliphatic heterocycles. The highest BCUT2D eigenvalue weighted by atomic mass is 19.4. The molecule has 4 heterocycles. The number of anilines is 1. The Bertz CT molecular complexity index is 870. The zero-order valence-corrected chi connectivity index (χ0v) is 16.9. The van der Waals surface area contributed by atoms with Crippen LogP contribution >= 0.6 is 0 Å². The van der Waals surface area contributed by atoms with Gasteiger partial charge in [-0.2, -0.15) is 13.2 Å². The molecule has 2 saturated heterocycles. The van der Waals surface area contributed by atoms with Gasteiger partial charge in [-0.1, -0.05) is 0 Å². The number of aliphatic carboxylic acids is 1. The van der Waals surface area contributed by atoms with Crippen LogP contribution in [0.1, 0.15) is 12.0 Å². The maximum Gasteiger partial charge on any atom is 0.490 e. The molecule has 2 fully saturated rings. The van der Waals surface area contributed by atoms with Gasteiger partial charge in [0.25, 0.3) is 0 Å². The summed E-state index contributed by atoms with van der Waals surface area (Å²) in [6.45, 7) is 3.73. The van der Waals surface area contributed by atoms with E-state index in [4.69, 9.17) is 19.4 Å². The van der Waals surface area contributed by atoms with Gasteiger partial charge in [0.2, 0.25) is 5.95 Å². The third-order valence-electron chi connectivity index (χ3n) is 5.22. The third kappa shape index (κ3) is 6.57. The molecule has 0 radical (unpaired) electrons. The van der Waals surface area contributed by atoms with E-state index in [1.54, 1.807) is 12.4 Å². The highest BCUT2D eigenvalue weighted by molar-refractivity contribution is 5.73. The number of carboxylic acid groups (broad SMARTS) is 1. The fourth-order valence-electron chi connectivity index (χ4n) is 3.63. The van der Waals surface area contributed by atoms with Crippen molar-refractivity contribution in [2.24, 2.45) is 11.8 Å². The minimum atomic E-state index is -5.08. The first-order valence-electron chi connectivity index (χ1n) is 9.85. The lowest BCUT2D eigenvalue weighted by atomic mass is 9.91. The van der Waals surface area contributed by atoms with Crippen molar-refractivity contribution in [2.45, 2.75) is 25.3 Å². The van der Waals surface area contributed by atoms with Crippen LogP contribution in [0.4, 0.5) is 23.5 Å². The second-order valence-corrected chi connectivity index (χ2v) is 7.40. The molecule has 0 aliphatic carbocycles. The van der Waals surface area contributed by atoms with Gasteiger partial charge in [0.05, 0.1) is 31.7 Å². The minimum Gasteiger partial charge on any atom is -0.475 e. The van der Waals surface area contributed by atoms with E-state index >= 15 is 0 Å². The average Bonchev–Trinajstić information content (AvgIpc) is 3.34. The van der Waals surface area contributed by atoms with Gasteiger partial charge in [0.15, 0.2) is 5.82 Å². The highest BCUT2D eigenvalue weighted by Crippen LogP contribution is 2.36. The number of ether oxygens (including phenoxy) is 2. The number of rotatable bonds is 6. The standard InChI is InChI=1S/C18H21FN4O2.C2HF3O2/c19-15-7-21-18(22-8-15)23-9-16-14(12-25-17(16)10-23)3-6-24-11-13-1-4-20-5-2-13;3-2(4,5)1(6)7/h1-2,4-5,7-8,14,16-17H,3,6,9-12H2;(H,6,7)/t14-,16-,17-;/m0./s1. The summed E-state index contributed by atoms with van der Waals surface area (Å²) in [6, 6.07) is 3.93. The molecule has 0 aromatic carbocycles. The van der Waals surface area contributed by atoms with E-state index in [-0.39, 0.29) is 6.10 Å².